The predicted molar refractivity (Wildman–Crippen MR) is 112 cm³/mol. The van der Waals surface area contributed by atoms with E-state index in [1.807, 2.05) is 0 Å². The summed E-state index contributed by atoms with van der Waals surface area (Å²) >= 11 is 4.52. The molecule has 3 rings (SSSR count). The number of ether oxygens (including phenoxy) is 2. The van der Waals surface area contributed by atoms with E-state index >= 15 is 0 Å². The molecule has 0 spiro atoms. The number of aliphatic hydroxyl groups is 1. The number of thiophene rings is 1. The maximum absolute atomic E-state index is 12.7. The molecule has 0 saturated carbocycles. The molecule has 2 heterocycles. The van der Waals surface area contributed by atoms with E-state index in [-0.39, 0.29) is 6.61 Å². The van der Waals surface area contributed by atoms with Crippen molar-refractivity contribution in [2.24, 2.45) is 0 Å². The highest BCUT2D eigenvalue weighted by molar-refractivity contribution is 9.11. The van der Waals surface area contributed by atoms with Gasteiger partial charge in [-0.2, -0.15) is 4.31 Å². The van der Waals surface area contributed by atoms with Gasteiger partial charge in [0.1, 0.15) is 28.4 Å². The quantitative estimate of drug-likeness (QED) is 0.611. The smallest absolute Gasteiger partial charge is 0.252 e. The fourth-order valence-corrected chi connectivity index (χ4v) is 6.52. The number of hydrogen-bond acceptors (Lipinski definition) is 7. The summed E-state index contributed by atoms with van der Waals surface area (Å²) in [6, 6.07) is 10.5. The highest BCUT2D eigenvalue weighted by Crippen LogP contribution is 2.29. The van der Waals surface area contributed by atoms with E-state index in [0.717, 1.165) is 9.54 Å². The summed E-state index contributed by atoms with van der Waals surface area (Å²) in [5, 5.41) is 10.2. The number of benzene rings is 1. The van der Waals surface area contributed by atoms with Crippen molar-refractivity contribution < 1.29 is 23.0 Å². The first-order valence-corrected chi connectivity index (χ1v) is 11.9. The minimum Gasteiger partial charge on any atom is -0.497 e. The molecule has 1 aliphatic heterocycles. The van der Waals surface area contributed by atoms with Gasteiger partial charge in [-0.1, -0.05) is 0 Å². The number of β-amino-alcohol motifs (C(OH)–C–C–N with tert-alkyl or cyclic N) is 1. The summed E-state index contributed by atoms with van der Waals surface area (Å²) < 4.78 is 38.7. The molecule has 7 nitrogen and oxygen atoms in total. The fraction of sp³-hybridized carbons (Fsp3) is 0.444. The largest absolute Gasteiger partial charge is 0.497 e. The van der Waals surface area contributed by atoms with Gasteiger partial charge in [0.05, 0.1) is 10.9 Å². The molecule has 28 heavy (non-hydrogen) atoms. The first-order valence-electron chi connectivity index (χ1n) is 8.81. The fourth-order valence-electron chi connectivity index (χ4n) is 2.93. The molecular weight excluding hydrogens is 468 g/mol. The van der Waals surface area contributed by atoms with Crippen molar-refractivity contribution in [2.45, 2.75) is 10.3 Å². The standard InChI is InChI=1S/C18H23BrN2O5S2/c1-25-15-2-4-16(5-3-15)26-13-14(22)12-20-8-10-21(11-9-20)28(23,24)18-7-6-17(19)27-18/h2-7,14,22H,8-13H2,1H3. The zero-order chi connectivity index (χ0) is 20.1. The van der Waals surface area contributed by atoms with Crippen molar-refractivity contribution in [3.8, 4) is 11.5 Å². The van der Waals surface area contributed by atoms with Crippen LogP contribution in [0.1, 0.15) is 0 Å². The lowest BCUT2D eigenvalue weighted by molar-refractivity contribution is 0.0569. The van der Waals surface area contributed by atoms with Crippen LogP contribution in [0.5, 0.6) is 11.5 Å². The normalized spacial score (nSPS) is 17.4. The van der Waals surface area contributed by atoms with Gasteiger partial charge in [0.2, 0.25) is 0 Å². The van der Waals surface area contributed by atoms with Crippen molar-refractivity contribution in [2.75, 3.05) is 46.4 Å². The molecule has 0 aliphatic carbocycles. The summed E-state index contributed by atoms with van der Waals surface area (Å²) in [6.45, 7) is 2.58. The Bertz CT molecular complexity index is 864. The van der Waals surface area contributed by atoms with Gasteiger partial charge in [0.25, 0.3) is 10.0 Å². The Morgan fingerprint density at radius 1 is 1.11 bits per heavy atom. The van der Waals surface area contributed by atoms with Crippen LogP contribution < -0.4 is 9.47 Å². The predicted octanol–water partition coefficient (Wildman–Crippen LogP) is 2.27. The second-order valence-corrected chi connectivity index (χ2v) is 11.0. The third-order valence-electron chi connectivity index (χ3n) is 4.44. The zero-order valence-corrected chi connectivity index (χ0v) is 18.7. The van der Waals surface area contributed by atoms with Crippen LogP contribution in [0.25, 0.3) is 0 Å². The van der Waals surface area contributed by atoms with Crippen molar-refractivity contribution in [3.05, 3.63) is 40.2 Å². The van der Waals surface area contributed by atoms with Crippen molar-refractivity contribution in [1.29, 1.82) is 0 Å². The number of rotatable bonds is 8. The summed E-state index contributed by atoms with van der Waals surface area (Å²) in [5.74, 6) is 1.41. The first-order chi connectivity index (χ1) is 13.4. The molecule has 0 radical (unpaired) electrons. The summed E-state index contributed by atoms with van der Waals surface area (Å²) in [5.41, 5.74) is 0. The number of piperazine rings is 1. The summed E-state index contributed by atoms with van der Waals surface area (Å²) in [7, 11) is -1.85. The molecule has 1 aromatic heterocycles. The maximum atomic E-state index is 12.7. The minimum absolute atomic E-state index is 0.175. The van der Waals surface area contributed by atoms with Crippen LogP contribution in [0.3, 0.4) is 0 Å². The molecule has 2 aromatic rings. The van der Waals surface area contributed by atoms with Crippen LogP contribution in [0.2, 0.25) is 0 Å². The topological polar surface area (TPSA) is 79.3 Å². The Balaban J connectivity index is 1.44. The average Bonchev–Trinajstić information content (AvgIpc) is 3.14. The third kappa shape index (κ3) is 5.46. The Labute approximate surface area is 177 Å². The molecule has 1 atom stereocenters. The number of methoxy groups -OCH3 is 1. The zero-order valence-electron chi connectivity index (χ0n) is 15.5. The van der Waals surface area contributed by atoms with Gasteiger partial charge in [-0.25, -0.2) is 8.42 Å². The Hall–Kier alpha value is -1.17. The number of sulfonamides is 1. The number of hydrogen-bond donors (Lipinski definition) is 1. The van der Waals surface area contributed by atoms with Crippen molar-refractivity contribution >= 4 is 37.3 Å². The molecule has 1 aliphatic rings. The van der Waals surface area contributed by atoms with Gasteiger partial charge in [0, 0.05) is 32.7 Å². The van der Waals surface area contributed by atoms with Gasteiger partial charge in [0.15, 0.2) is 0 Å². The van der Waals surface area contributed by atoms with Crippen LogP contribution in [-0.2, 0) is 10.0 Å². The van der Waals surface area contributed by atoms with E-state index in [9.17, 15) is 13.5 Å². The summed E-state index contributed by atoms with van der Waals surface area (Å²) in [6.07, 6.45) is -0.654. The highest BCUT2D eigenvalue weighted by atomic mass is 79.9. The molecule has 154 valence electrons. The van der Waals surface area contributed by atoms with Gasteiger partial charge < -0.3 is 14.6 Å². The second-order valence-electron chi connectivity index (χ2n) is 6.40. The van der Waals surface area contributed by atoms with Gasteiger partial charge in [-0.05, 0) is 52.3 Å². The lowest BCUT2D eigenvalue weighted by Crippen LogP contribution is -2.50. The maximum Gasteiger partial charge on any atom is 0.252 e. The van der Waals surface area contributed by atoms with Crippen LogP contribution in [-0.4, -0.2) is 75.3 Å². The number of halogens is 1. The van der Waals surface area contributed by atoms with E-state index < -0.39 is 16.1 Å². The van der Waals surface area contributed by atoms with Crippen LogP contribution in [0, 0.1) is 0 Å². The minimum atomic E-state index is -3.45. The molecule has 0 bridgehead atoms. The average molecular weight is 491 g/mol. The van der Waals surface area contributed by atoms with E-state index in [2.05, 4.69) is 20.8 Å². The third-order valence-corrected chi connectivity index (χ3v) is 8.43. The Morgan fingerprint density at radius 3 is 2.32 bits per heavy atom. The Kier molecular flexibility index (Phi) is 7.35. The molecule has 1 unspecified atom stereocenters. The van der Waals surface area contributed by atoms with E-state index in [4.69, 9.17) is 9.47 Å². The van der Waals surface area contributed by atoms with Crippen LogP contribution in [0.4, 0.5) is 0 Å². The van der Waals surface area contributed by atoms with Gasteiger partial charge >= 0.3 is 0 Å². The van der Waals surface area contributed by atoms with E-state index in [1.54, 1.807) is 43.5 Å². The van der Waals surface area contributed by atoms with Crippen molar-refractivity contribution in [1.82, 2.24) is 9.21 Å². The monoisotopic (exact) mass is 490 g/mol. The molecular formula is C18H23BrN2O5S2. The van der Waals surface area contributed by atoms with Gasteiger partial charge in [-0.15, -0.1) is 11.3 Å². The number of nitrogens with zero attached hydrogens (tertiary/aromatic N) is 2. The van der Waals surface area contributed by atoms with E-state index in [0.29, 0.717) is 42.7 Å². The molecule has 1 N–H and O–H groups in total. The van der Waals surface area contributed by atoms with Crippen LogP contribution in [0.15, 0.2) is 44.4 Å². The summed E-state index contributed by atoms with van der Waals surface area (Å²) in [4.78, 5) is 2.05. The van der Waals surface area contributed by atoms with Crippen molar-refractivity contribution in [3.63, 3.8) is 0 Å². The molecule has 0 amide bonds. The molecule has 1 saturated heterocycles. The van der Waals surface area contributed by atoms with Gasteiger partial charge in [-0.3, -0.25) is 4.90 Å². The van der Waals surface area contributed by atoms with E-state index in [1.165, 1.54) is 15.6 Å². The lowest BCUT2D eigenvalue weighted by atomic mass is 10.3. The first kappa shape index (κ1) is 21.5. The molecule has 10 heteroatoms. The Morgan fingerprint density at radius 2 is 1.75 bits per heavy atom. The van der Waals surface area contributed by atoms with Crippen LogP contribution >= 0.6 is 27.3 Å². The SMILES string of the molecule is COc1ccc(OCC(O)CN2CCN(S(=O)(=O)c3ccc(Br)s3)CC2)cc1. The lowest BCUT2D eigenvalue weighted by Gasteiger charge is -2.34. The highest BCUT2D eigenvalue weighted by Gasteiger charge is 2.30. The second kappa shape index (κ2) is 9.55. The molecule has 1 fully saturated rings. The number of aliphatic hydroxyl groups excluding tert-OH is 1. The molecule has 1 aromatic carbocycles.